The van der Waals surface area contributed by atoms with E-state index in [1.54, 1.807) is 12.4 Å². The molecule has 1 N–H and O–H groups in total. The number of hydrogen-bond acceptors (Lipinski definition) is 3. The van der Waals surface area contributed by atoms with Crippen molar-refractivity contribution in [2.45, 2.75) is 20.1 Å². The second-order valence-corrected chi connectivity index (χ2v) is 6.10. The Kier molecular flexibility index (Phi) is 6.01. The lowest BCUT2D eigenvalue weighted by molar-refractivity contribution is 0.304. The van der Waals surface area contributed by atoms with Crippen LogP contribution >= 0.6 is 31.9 Å². The molecule has 20 heavy (non-hydrogen) atoms. The summed E-state index contributed by atoms with van der Waals surface area (Å²) in [6.07, 6.45) is 3.44. The number of halogens is 2. The number of benzene rings is 1. The van der Waals surface area contributed by atoms with Gasteiger partial charge in [0.15, 0.2) is 0 Å². The molecule has 0 aliphatic rings. The lowest BCUT2D eigenvalue weighted by atomic mass is 10.1. The molecule has 0 saturated carbocycles. The molecule has 0 aliphatic heterocycles. The standard InChI is InChI=1S/C15H16Br2N2O/c1-2-18-7-11-3-4-12(15(17)5-11)10-20-14-6-13(16)8-19-9-14/h3-6,8-9,18H,2,7,10H2,1H3. The van der Waals surface area contributed by atoms with Crippen LogP contribution in [0.2, 0.25) is 0 Å². The number of hydrogen-bond donors (Lipinski definition) is 1. The minimum Gasteiger partial charge on any atom is -0.487 e. The molecular weight excluding hydrogens is 384 g/mol. The molecule has 0 saturated heterocycles. The minimum absolute atomic E-state index is 0.514. The zero-order chi connectivity index (χ0) is 14.4. The molecule has 1 aromatic heterocycles. The van der Waals surface area contributed by atoms with Crippen LogP contribution < -0.4 is 10.1 Å². The van der Waals surface area contributed by atoms with E-state index in [-0.39, 0.29) is 0 Å². The predicted molar refractivity (Wildman–Crippen MR) is 87.8 cm³/mol. The van der Waals surface area contributed by atoms with E-state index in [2.05, 4.69) is 67.3 Å². The second-order valence-electron chi connectivity index (χ2n) is 4.33. The number of ether oxygens (including phenoxy) is 1. The van der Waals surface area contributed by atoms with E-state index in [9.17, 15) is 0 Å². The first-order chi connectivity index (χ1) is 9.69. The lowest BCUT2D eigenvalue weighted by Gasteiger charge is -2.10. The Morgan fingerprint density at radius 1 is 1.20 bits per heavy atom. The van der Waals surface area contributed by atoms with Crippen LogP contribution in [0.1, 0.15) is 18.1 Å². The molecule has 0 aliphatic carbocycles. The molecule has 0 spiro atoms. The quantitative estimate of drug-likeness (QED) is 0.786. The first-order valence-electron chi connectivity index (χ1n) is 6.40. The highest BCUT2D eigenvalue weighted by molar-refractivity contribution is 9.10. The van der Waals surface area contributed by atoms with Crippen molar-refractivity contribution < 1.29 is 4.74 Å². The molecule has 0 radical (unpaired) electrons. The molecular formula is C15H16Br2N2O. The Bertz CT molecular complexity index is 576. The van der Waals surface area contributed by atoms with Crippen LogP contribution in [0.3, 0.4) is 0 Å². The van der Waals surface area contributed by atoms with Crippen LogP contribution in [0.4, 0.5) is 0 Å². The van der Waals surface area contributed by atoms with E-state index in [4.69, 9.17) is 4.74 Å². The molecule has 2 aromatic rings. The number of nitrogens with zero attached hydrogens (tertiary/aromatic N) is 1. The summed E-state index contributed by atoms with van der Waals surface area (Å²) < 4.78 is 7.71. The summed E-state index contributed by atoms with van der Waals surface area (Å²) in [6.45, 7) is 4.47. The van der Waals surface area contributed by atoms with Crippen molar-refractivity contribution in [2.24, 2.45) is 0 Å². The molecule has 1 heterocycles. The fourth-order valence-electron chi connectivity index (χ4n) is 1.72. The van der Waals surface area contributed by atoms with Gasteiger partial charge in [-0.1, -0.05) is 35.0 Å². The van der Waals surface area contributed by atoms with Crippen molar-refractivity contribution in [2.75, 3.05) is 6.54 Å². The SMILES string of the molecule is CCNCc1ccc(COc2cncc(Br)c2)c(Br)c1. The highest BCUT2D eigenvalue weighted by Crippen LogP contribution is 2.22. The van der Waals surface area contributed by atoms with Crippen LogP contribution in [-0.4, -0.2) is 11.5 Å². The molecule has 2 rings (SSSR count). The van der Waals surface area contributed by atoms with E-state index < -0.39 is 0 Å². The molecule has 3 nitrogen and oxygen atoms in total. The monoisotopic (exact) mass is 398 g/mol. The lowest BCUT2D eigenvalue weighted by Crippen LogP contribution is -2.11. The van der Waals surface area contributed by atoms with Gasteiger partial charge in [0.2, 0.25) is 0 Å². The maximum Gasteiger partial charge on any atom is 0.139 e. The third-order valence-corrected chi connectivity index (χ3v) is 3.94. The van der Waals surface area contributed by atoms with Gasteiger partial charge in [-0.25, -0.2) is 0 Å². The van der Waals surface area contributed by atoms with Crippen LogP contribution in [0.25, 0.3) is 0 Å². The number of pyridine rings is 1. The van der Waals surface area contributed by atoms with Gasteiger partial charge >= 0.3 is 0 Å². The summed E-state index contributed by atoms with van der Waals surface area (Å²) in [5.41, 5.74) is 2.37. The molecule has 0 fully saturated rings. The molecule has 0 atom stereocenters. The molecule has 1 aromatic carbocycles. The highest BCUT2D eigenvalue weighted by atomic mass is 79.9. The summed E-state index contributed by atoms with van der Waals surface area (Å²) in [4.78, 5) is 4.07. The maximum atomic E-state index is 5.74. The molecule has 106 valence electrons. The Balaban J connectivity index is 1.99. The van der Waals surface area contributed by atoms with Crippen molar-refractivity contribution in [3.8, 4) is 5.75 Å². The van der Waals surface area contributed by atoms with Gasteiger partial charge in [-0.2, -0.15) is 0 Å². The third-order valence-electron chi connectivity index (χ3n) is 2.77. The molecule has 0 unspecified atom stereocenters. The van der Waals surface area contributed by atoms with Crippen LogP contribution in [0.15, 0.2) is 45.6 Å². The summed E-state index contributed by atoms with van der Waals surface area (Å²) in [6, 6.07) is 8.23. The fraction of sp³-hybridized carbons (Fsp3) is 0.267. The van der Waals surface area contributed by atoms with E-state index in [1.807, 2.05) is 6.07 Å². The summed E-state index contributed by atoms with van der Waals surface area (Å²) in [7, 11) is 0. The topological polar surface area (TPSA) is 34.1 Å². The van der Waals surface area contributed by atoms with E-state index in [0.29, 0.717) is 6.61 Å². The van der Waals surface area contributed by atoms with Gasteiger partial charge in [0.05, 0.1) is 6.20 Å². The van der Waals surface area contributed by atoms with Crippen molar-refractivity contribution in [1.82, 2.24) is 10.3 Å². The summed E-state index contributed by atoms with van der Waals surface area (Å²) in [5, 5.41) is 3.31. The van der Waals surface area contributed by atoms with E-state index in [1.165, 1.54) is 5.56 Å². The largest absolute Gasteiger partial charge is 0.487 e. The Labute approximate surface area is 136 Å². The van der Waals surface area contributed by atoms with Gasteiger partial charge in [0.1, 0.15) is 12.4 Å². The number of nitrogens with one attached hydrogen (secondary N) is 1. The number of rotatable bonds is 6. The van der Waals surface area contributed by atoms with Gasteiger partial charge < -0.3 is 10.1 Å². The van der Waals surface area contributed by atoms with Gasteiger partial charge in [-0.05, 0) is 40.2 Å². The third kappa shape index (κ3) is 4.58. The van der Waals surface area contributed by atoms with Gasteiger partial charge in [-0.3, -0.25) is 4.98 Å². The minimum atomic E-state index is 0.514. The molecule has 5 heteroatoms. The molecule has 0 bridgehead atoms. The Morgan fingerprint density at radius 3 is 2.75 bits per heavy atom. The van der Waals surface area contributed by atoms with Crippen molar-refractivity contribution >= 4 is 31.9 Å². The van der Waals surface area contributed by atoms with Crippen LogP contribution in [0.5, 0.6) is 5.75 Å². The molecule has 0 amide bonds. The van der Waals surface area contributed by atoms with Crippen LogP contribution in [-0.2, 0) is 13.2 Å². The predicted octanol–water partition coefficient (Wildman–Crippen LogP) is 4.30. The zero-order valence-electron chi connectivity index (χ0n) is 11.2. The smallest absolute Gasteiger partial charge is 0.139 e. The summed E-state index contributed by atoms with van der Waals surface area (Å²) >= 11 is 6.97. The van der Waals surface area contributed by atoms with Crippen molar-refractivity contribution in [1.29, 1.82) is 0 Å². The van der Waals surface area contributed by atoms with Crippen molar-refractivity contribution in [3.05, 3.63) is 56.7 Å². The second kappa shape index (κ2) is 7.76. The normalized spacial score (nSPS) is 10.6. The number of aromatic nitrogens is 1. The Hall–Kier alpha value is -0.910. The first-order valence-corrected chi connectivity index (χ1v) is 7.99. The first kappa shape index (κ1) is 15.5. The zero-order valence-corrected chi connectivity index (χ0v) is 14.4. The maximum absolute atomic E-state index is 5.74. The Morgan fingerprint density at radius 2 is 2.05 bits per heavy atom. The fourth-order valence-corrected chi connectivity index (χ4v) is 2.60. The van der Waals surface area contributed by atoms with Crippen LogP contribution in [0, 0.1) is 0 Å². The van der Waals surface area contributed by atoms with Gasteiger partial charge in [0.25, 0.3) is 0 Å². The summed E-state index contributed by atoms with van der Waals surface area (Å²) in [5.74, 6) is 0.753. The average molecular weight is 400 g/mol. The van der Waals surface area contributed by atoms with E-state index >= 15 is 0 Å². The van der Waals surface area contributed by atoms with Gasteiger partial charge in [-0.15, -0.1) is 0 Å². The van der Waals surface area contributed by atoms with E-state index in [0.717, 1.165) is 33.3 Å². The highest BCUT2D eigenvalue weighted by Gasteiger charge is 2.03. The average Bonchev–Trinajstić information content (AvgIpc) is 2.44. The van der Waals surface area contributed by atoms with Gasteiger partial charge in [0, 0.05) is 27.3 Å². The van der Waals surface area contributed by atoms with Crippen molar-refractivity contribution in [3.63, 3.8) is 0 Å².